The number of nitrogens with two attached hydrogens (primary N) is 1. The molecule has 0 saturated heterocycles. The van der Waals surface area contributed by atoms with Gasteiger partial charge in [-0.2, -0.15) is 0 Å². The van der Waals surface area contributed by atoms with Crippen molar-refractivity contribution >= 4 is 23.5 Å². The van der Waals surface area contributed by atoms with E-state index in [0.717, 1.165) is 5.56 Å². The molecule has 0 spiro atoms. The van der Waals surface area contributed by atoms with Crippen molar-refractivity contribution in [3.63, 3.8) is 0 Å². The molecule has 5 nitrogen and oxygen atoms in total. The molecule has 0 fully saturated rings. The van der Waals surface area contributed by atoms with Crippen molar-refractivity contribution in [3.8, 4) is 5.75 Å². The van der Waals surface area contributed by atoms with Crippen LogP contribution in [0.25, 0.3) is 0 Å². The van der Waals surface area contributed by atoms with E-state index in [1.807, 2.05) is 0 Å². The minimum atomic E-state index is -1.14. The number of rotatable bonds is 4. The van der Waals surface area contributed by atoms with Crippen molar-refractivity contribution in [2.24, 2.45) is 5.73 Å². The molecule has 2 N–H and O–H groups in total. The highest BCUT2D eigenvalue weighted by molar-refractivity contribution is 6.30. The molecule has 1 aliphatic rings. The fourth-order valence-corrected chi connectivity index (χ4v) is 2.65. The smallest absolute Gasteiger partial charge is 0.348 e. The lowest BCUT2D eigenvalue weighted by Gasteiger charge is -2.17. The molecule has 2 aromatic carbocycles. The van der Waals surface area contributed by atoms with Crippen molar-refractivity contribution in [1.29, 1.82) is 0 Å². The van der Waals surface area contributed by atoms with Gasteiger partial charge in [-0.1, -0.05) is 41.9 Å². The lowest BCUT2D eigenvalue weighted by atomic mass is 10.1. The minimum Gasteiger partial charge on any atom is -0.478 e. The van der Waals surface area contributed by atoms with Gasteiger partial charge in [-0.15, -0.1) is 0 Å². The molecule has 0 saturated carbocycles. The van der Waals surface area contributed by atoms with Crippen LogP contribution in [-0.4, -0.2) is 18.0 Å². The van der Waals surface area contributed by atoms with Gasteiger partial charge in [-0.3, -0.25) is 4.79 Å². The monoisotopic (exact) mass is 331 g/mol. The second-order valence-electron chi connectivity index (χ2n) is 5.19. The molecular weight excluding hydrogens is 318 g/mol. The zero-order valence-corrected chi connectivity index (χ0v) is 12.8. The summed E-state index contributed by atoms with van der Waals surface area (Å²) >= 11 is 5.92. The third-order valence-electron chi connectivity index (χ3n) is 3.55. The van der Waals surface area contributed by atoms with E-state index >= 15 is 0 Å². The number of carbonyl (C=O) groups is 2. The van der Waals surface area contributed by atoms with Crippen LogP contribution in [0.15, 0.2) is 48.5 Å². The van der Waals surface area contributed by atoms with E-state index < -0.39 is 24.1 Å². The maximum absolute atomic E-state index is 12.3. The highest BCUT2D eigenvalue weighted by Crippen LogP contribution is 2.32. The normalized spacial score (nSPS) is 17.0. The zero-order chi connectivity index (χ0) is 16.4. The van der Waals surface area contributed by atoms with Gasteiger partial charge in [0.25, 0.3) is 5.91 Å². The van der Waals surface area contributed by atoms with Gasteiger partial charge < -0.3 is 15.2 Å². The van der Waals surface area contributed by atoms with Crippen molar-refractivity contribution in [2.45, 2.75) is 18.6 Å². The Kier molecular flexibility index (Phi) is 4.21. The molecule has 0 aromatic heterocycles. The summed E-state index contributed by atoms with van der Waals surface area (Å²) in [6.07, 6.45) is -1.61. The topological polar surface area (TPSA) is 78.6 Å². The summed E-state index contributed by atoms with van der Waals surface area (Å²) in [4.78, 5) is 23.9. The van der Waals surface area contributed by atoms with Gasteiger partial charge in [0.2, 0.25) is 6.10 Å². The van der Waals surface area contributed by atoms with Gasteiger partial charge in [0, 0.05) is 17.0 Å². The Labute approximate surface area is 138 Å². The maximum Gasteiger partial charge on any atom is 0.348 e. The van der Waals surface area contributed by atoms with E-state index in [0.29, 0.717) is 22.8 Å². The Morgan fingerprint density at radius 1 is 1.22 bits per heavy atom. The summed E-state index contributed by atoms with van der Waals surface area (Å²) in [5.41, 5.74) is 6.69. The van der Waals surface area contributed by atoms with Crippen LogP contribution >= 0.6 is 11.6 Å². The molecule has 0 unspecified atom stereocenters. The number of halogens is 1. The molecule has 0 bridgehead atoms. The predicted molar refractivity (Wildman–Crippen MR) is 84.0 cm³/mol. The number of ether oxygens (including phenoxy) is 2. The van der Waals surface area contributed by atoms with Gasteiger partial charge >= 0.3 is 5.97 Å². The maximum atomic E-state index is 12.3. The molecule has 23 heavy (non-hydrogen) atoms. The second-order valence-corrected chi connectivity index (χ2v) is 5.63. The van der Waals surface area contributed by atoms with Crippen molar-refractivity contribution in [2.75, 3.05) is 0 Å². The first-order valence-electron chi connectivity index (χ1n) is 7.04. The minimum absolute atomic E-state index is 0.342. The number of esters is 1. The predicted octanol–water partition coefficient (Wildman–Crippen LogP) is 2.41. The average molecular weight is 332 g/mol. The molecule has 118 valence electrons. The first kappa shape index (κ1) is 15.4. The lowest BCUT2D eigenvalue weighted by molar-refractivity contribution is -0.161. The summed E-state index contributed by atoms with van der Waals surface area (Å²) < 4.78 is 10.8. The lowest BCUT2D eigenvalue weighted by Crippen LogP contribution is -2.33. The van der Waals surface area contributed by atoms with Crippen LogP contribution in [0.4, 0.5) is 0 Å². The van der Waals surface area contributed by atoms with Crippen LogP contribution in [-0.2, 0) is 20.7 Å². The van der Waals surface area contributed by atoms with Gasteiger partial charge in [0.1, 0.15) is 5.75 Å². The van der Waals surface area contributed by atoms with E-state index in [4.69, 9.17) is 26.8 Å². The van der Waals surface area contributed by atoms with Gasteiger partial charge in [0.15, 0.2) is 6.10 Å². The van der Waals surface area contributed by atoms with E-state index in [9.17, 15) is 9.59 Å². The third-order valence-corrected chi connectivity index (χ3v) is 3.79. The Hall–Kier alpha value is -2.53. The molecule has 1 heterocycles. The number of carbonyl (C=O) groups excluding carboxylic acids is 2. The second kappa shape index (κ2) is 6.30. The number of hydrogen-bond acceptors (Lipinski definition) is 4. The van der Waals surface area contributed by atoms with Gasteiger partial charge in [0.05, 0.1) is 0 Å². The molecule has 0 radical (unpaired) electrons. The van der Waals surface area contributed by atoms with Crippen LogP contribution in [0.3, 0.4) is 0 Å². The highest BCUT2D eigenvalue weighted by atomic mass is 35.5. The number of amides is 1. The molecule has 2 aromatic rings. The number of primary amides is 1. The molecule has 1 aliphatic heterocycles. The third kappa shape index (κ3) is 3.29. The molecule has 0 aliphatic carbocycles. The molecule has 3 rings (SSSR count). The number of hydrogen-bond donors (Lipinski definition) is 1. The average Bonchev–Trinajstić information content (AvgIpc) is 2.96. The zero-order valence-electron chi connectivity index (χ0n) is 12.1. The van der Waals surface area contributed by atoms with Crippen LogP contribution in [0, 0.1) is 0 Å². The van der Waals surface area contributed by atoms with Gasteiger partial charge in [-0.25, -0.2) is 4.79 Å². The van der Waals surface area contributed by atoms with Crippen LogP contribution < -0.4 is 10.5 Å². The van der Waals surface area contributed by atoms with E-state index in [2.05, 4.69) is 0 Å². The summed E-state index contributed by atoms with van der Waals surface area (Å²) in [6.45, 7) is 0. The molecule has 6 heteroatoms. The first-order valence-corrected chi connectivity index (χ1v) is 7.42. The first-order chi connectivity index (χ1) is 11.0. The van der Waals surface area contributed by atoms with Crippen molar-refractivity contribution in [3.05, 3.63) is 64.7 Å². The van der Waals surface area contributed by atoms with E-state index in [1.165, 1.54) is 0 Å². The van der Waals surface area contributed by atoms with Crippen molar-refractivity contribution in [1.82, 2.24) is 0 Å². The Balaban J connectivity index is 1.73. The molecule has 2 atom stereocenters. The SMILES string of the molecule is NC(=O)[C@H](OC(=O)[C@@H]1Cc2cc(Cl)ccc2O1)c1ccccc1. The van der Waals surface area contributed by atoms with E-state index in [1.54, 1.807) is 48.5 Å². The standard InChI is InChI=1S/C17H14ClNO4/c18-12-6-7-13-11(8-12)9-14(22-13)17(21)23-15(16(19)20)10-4-2-1-3-5-10/h1-8,14-15H,9H2,(H2,19,20)/t14-,15+/m0/s1. The van der Waals surface area contributed by atoms with Gasteiger partial charge in [-0.05, 0) is 23.8 Å². The quantitative estimate of drug-likeness (QED) is 0.873. The number of benzene rings is 2. The van der Waals surface area contributed by atoms with Crippen LogP contribution in [0.1, 0.15) is 17.2 Å². The Morgan fingerprint density at radius 3 is 2.65 bits per heavy atom. The summed E-state index contributed by atoms with van der Waals surface area (Å²) in [5, 5.41) is 0.570. The fraction of sp³-hybridized carbons (Fsp3) is 0.176. The highest BCUT2D eigenvalue weighted by Gasteiger charge is 2.33. The summed E-state index contributed by atoms with van der Waals surface area (Å²) in [7, 11) is 0. The molecule has 1 amide bonds. The van der Waals surface area contributed by atoms with Crippen molar-refractivity contribution < 1.29 is 19.1 Å². The number of fused-ring (bicyclic) bond motifs is 1. The summed E-state index contributed by atoms with van der Waals surface area (Å²) in [5.74, 6) is -0.778. The Morgan fingerprint density at radius 2 is 1.96 bits per heavy atom. The Bertz CT molecular complexity index is 748. The fourth-order valence-electron chi connectivity index (χ4n) is 2.46. The van der Waals surface area contributed by atoms with Crippen LogP contribution in [0.5, 0.6) is 5.75 Å². The van der Waals surface area contributed by atoms with E-state index in [-0.39, 0.29) is 0 Å². The summed E-state index contributed by atoms with van der Waals surface area (Å²) in [6, 6.07) is 13.8. The molecular formula is C17H14ClNO4. The largest absolute Gasteiger partial charge is 0.478 e. The van der Waals surface area contributed by atoms with Crippen LogP contribution in [0.2, 0.25) is 5.02 Å².